The molecule has 0 unspecified atom stereocenters. The van der Waals surface area contributed by atoms with E-state index in [2.05, 4.69) is 0 Å². The van der Waals surface area contributed by atoms with Crippen molar-refractivity contribution in [3.63, 3.8) is 0 Å². The summed E-state index contributed by atoms with van der Waals surface area (Å²) in [5.41, 5.74) is 0.353. The van der Waals surface area contributed by atoms with Gasteiger partial charge in [-0.25, -0.2) is 0 Å². The van der Waals surface area contributed by atoms with Crippen LogP contribution in [0.3, 0.4) is 0 Å². The van der Waals surface area contributed by atoms with Crippen LogP contribution in [0.2, 0.25) is 0 Å². The van der Waals surface area contributed by atoms with Gasteiger partial charge in [-0.3, -0.25) is 0 Å². The van der Waals surface area contributed by atoms with E-state index < -0.39 is 5.97 Å². The average molecular weight is 321 g/mol. The first-order chi connectivity index (χ1) is 4.72. The van der Waals surface area contributed by atoms with E-state index in [1.165, 1.54) is 0 Å². The summed E-state index contributed by atoms with van der Waals surface area (Å²) in [6, 6.07) is 6.96. The molecule has 1 aromatic carbocycles. The van der Waals surface area contributed by atoms with Crippen LogP contribution in [0.4, 0.5) is 0 Å². The second-order valence-corrected chi connectivity index (χ2v) is 4.91. The van der Waals surface area contributed by atoms with Crippen LogP contribution in [0.15, 0.2) is 24.3 Å². The topological polar surface area (TPSA) is 37.0 Å². The molecule has 0 aromatic heterocycles. The van der Waals surface area contributed by atoms with Crippen molar-refractivity contribution < 1.29 is 36.0 Å². The zero-order chi connectivity index (χ0) is 7.56. The van der Waals surface area contributed by atoms with Gasteiger partial charge in [0, 0.05) is 0 Å². The average Bonchev–Trinajstić information content (AvgIpc) is 1.88. The minimum atomic E-state index is -1.06. The fourth-order valence-electron chi connectivity index (χ4n) is 0.719. The Balaban J connectivity index is 3.15. The molecule has 2 nitrogen and oxygen atoms in total. The maximum atomic E-state index is 10.3. The van der Waals surface area contributed by atoms with Crippen molar-refractivity contribution in [2.24, 2.45) is 0 Å². The van der Waals surface area contributed by atoms with E-state index in [0.717, 1.165) is 3.07 Å². The van der Waals surface area contributed by atoms with Crippen LogP contribution in [-0.2, 0) is 31.2 Å². The molecule has 0 amide bonds. The quantitative estimate of drug-likeness (QED) is 0.691. The van der Waals surface area contributed by atoms with Crippen LogP contribution in [0, 0.1) is 0 Å². The Morgan fingerprint density at radius 2 is 1.90 bits per heavy atom. The number of carbonyl (C=O) groups is 1. The summed E-state index contributed by atoms with van der Waals surface area (Å²) in [5.74, 6) is -1.06. The Kier molecular flexibility index (Phi) is 2.43. The van der Waals surface area contributed by atoms with E-state index in [1.54, 1.807) is 12.1 Å². The normalized spacial score (nSPS) is 9.40. The van der Waals surface area contributed by atoms with Gasteiger partial charge < -0.3 is 0 Å². The third-order valence-electron chi connectivity index (χ3n) is 1.24. The number of hydrogen-bond acceptors (Lipinski definition) is 1. The SMILES string of the molecule is [O]C(=O)c1cccc[c]1[Hg]. The van der Waals surface area contributed by atoms with Gasteiger partial charge in [0.2, 0.25) is 0 Å². The van der Waals surface area contributed by atoms with Crippen LogP contribution < -0.4 is 3.07 Å². The third-order valence-corrected chi connectivity index (χ3v) is 3.63. The first-order valence-corrected chi connectivity index (χ1v) is 5.59. The fourth-order valence-corrected chi connectivity index (χ4v) is 2.27. The molecule has 0 aliphatic carbocycles. The summed E-state index contributed by atoms with van der Waals surface area (Å²) in [6.45, 7) is 0. The Morgan fingerprint density at radius 3 is 2.30 bits per heavy atom. The molecule has 0 saturated carbocycles. The van der Waals surface area contributed by atoms with Crippen molar-refractivity contribution in [3.8, 4) is 0 Å². The van der Waals surface area contributed by atoms with E-state index >= 15 is 0 Å². The first-order valence-electron chi connectivity index (χ1n) is 2.84. The van der Waals surface area contributed by atoms with Gasteiger partial charge in [0.25, 0.3) is 0 Å². The Hall–Kier alpha value is -0.375. The number of carbonyl (C=O) groups excluding carboxylic acids is 1. The minimum absolute atomic E-state index is 0.353. The summed E-state index contributed by atoms with van der Waals surface area (Å²) in [4.78, 5) is 10.3. The Labute approximate surface area is 74.8 Å². The predicted octanol–water partition coefficient (Wildman–Crippen LogP) is 0.429. The van der Waals surface area contributed by atoms with Gasteiger partial charge in [-0.2, -0.15) is 0 Å². The molecule has 1 radical (unpaired) electrons. The fraction of sp³-hybridized carbons (Fsp3) is 0. The van der Waals surface area contributed by atoms with E-state index in [0.29, 0.717) is 31.7 Å². The molecule has 1 aromatic rings. The third kappa shape index (κ3) is 1.56. The van der Waals surface area contributed by atoms with Gasteiger partial charge in [-0.15, -0.1) is 0 Å². The van der Waals surface area contributed by atoms with Gasteiger partial charge in [0.05, 0.1) is 0 Å². The maximum absolute atomic E-state index is 10.3. The Bertz CT molecular complexity index is 258. The molecule has 10 heavy (non-hydrogen) atoms. The molecule has 0 spiro atoms. The standard InChI is InChI=1S/C7H4O2.Hg/c8-7(9)6-4-2-1-3-5-6;/h1-4H;. The van der Waals surface area contributed by atoms with Crippen molar-refractivity contribution in [2.45, 2.75) is 0 Å². The summed E-state index contributed by atoms with van der Waals surface area (Å²) < 4.78 is 0.933. The van der Waals surface area contributed by atoms with Crippen molar-refractivity contribution in [2.75, 3.05) is 0 Å². The van der Waals surface area contributed by atoms with Crippen LogP contribution in [0.25, 0.3) is 0 Å². The summed E-state index contributed by atoms with van der Waals surface area (Å²) >= 11 is 0.357. The molecule has 0 aliphatic heterocycles. The van der Waals surface area contributed by atoms with E-state index in [-0.39, 0.29) is 0 Å². The molecular formula is C7H4HgO2. The van der Waals surface area contributed by atoms with Crippen molar-refractivity contribution in [1.82, 2.24) is 0 Å². The second kappa shape index (κ2) is 3.15. The van der Waals surface area contributed by atoms with Crippen LogP contribution in [0.1, 0.15) is 10.4 Å². The van der Waals surface area contributed by atoms with Crippen LogP contribution in [0.5, 0.6) is 0 Å². The van der Waals surface area contributed by atoms with Gasteiger partial charge in [0.1, 0.15) is 0 Å². The molecule has 46 valence electrons. The number of benzene rings is 1. The molecule has 0 heterocycles. The summed E-state index contributed by atoms with van der Waals surface area (Å²) in [5, 5.41) is 10.3. The second-order valence-electron chi connectivity index (χ2n) is 1.94. The molecule has 1 rings (SSSR count). The van der Waals surface area contributed by atoms with Gasteiger partial charge >= 0.3 is 74.9 Å². The predicted molar refractivity (Wildman–Crippen MR) is 31.1 cm³/mol. The molecule has 0 fully saturated rings. The van der Waals surface area contributed by atoms with Crippen molar-refractivity contribution in [1.29, 1.82) is 0 Å². The van der Waals surface area contributed by atoms with E-state index in [4.69, 9.17) is 0 Å². The molecule has 0 atom stereocenters. The first kappa shape index (κ1) is 7.73. The molecule has 0 aliphatic rings. The van der Waals surface area contributed by atoms with Crippen LogP contribution in [-0.4, -0.2) is 5.97 Å². The van der Waals surface area contributed by atoms with Crippen molar-refractivity contribution in [3.05, 3.63) is 29.8 Å². The number of hydrogen-bond donors (Lipinski definition) is 0. The molecular weight excluding hydrogens is 317 g/mol. The number of rotatable bonds is 1. The van der Waals surface area contributed by atoms with E-state index in [1.807, 2.05) is 12.1 Å². The zero-order valence-corrected chi connectivity index (χ0v) is 10.8. The summed E-state index contributed by atoms with van der Waals surface area (Å²) in [7, 11) is 0. The van der Waals surface area contributed by atoms with Gasteiger partial charge in [-0.1, -0.05) is 0 Å². The molecule has 0 saturated heterocycles. The molecule has 0 N–H and O–H groups in total. The molecule has 0 bridgehead atoms. The Morgan fingerprint density at radius 1 is 1.30 bits per heavy atom. The summed E-state index contributed by atoms with van der Waals surface area (Å²) in [6.07, 6.45) is 0. The van der Waals surface area contributed by atoms with Gasteiger partial charge in [-0.05, 0) is 0 Å². The monoisotopic (exact) mass is 322 g/mol. The van der Waals surface area contributed by atoms with E-state index in [9.17, 15) is 9.90 Å². The van der Waals surface area contributed by atoms with Crippen LogP contribution >= 0.6 is 0 Å². The van der Waals surface area contributed by atoms with Crippen molar-refractivity contribution >= 4 is 9.04 Å². The zero-order valence-electron chi connectivity index (χ0n) is 5.33. The molecule has 3 heteroatoms. The van der Waals surface area contributed by atoms with Gasteiger partial charge in [0.15, 0.2) is 0 Å².